The van der Waals surface area contributed by atoms with Crippen molar-refractivity contribution in [2.45, 2.75) is 13.3 Å². The Morgan fingerprint density at radius 1 is 1.05 bits per heavy atom. The zero-order valence-corrected chi connectivity index (χ0v) is 12.5. The van der Waals surface area contributed by atoms with Crippen LogP contribution in [0.2, 0.25) is 0 Å². The van der Waals surface area contributed by atoms with Crippen molar-refractivity contribution in [3.63, 3.8) is 0 Å². The molecule has 5 nitrogen and oxygen atoms in total. The van der Waals surface area contributed by atoms with E-state index in [9.17, 15) is 9.59 Å². The van der Waals surface area contributed by atoms with E-state index in [-0.39, 0.29) is 11.8 Å². The average Bonchev–Trinajstić information content (AvgIpc) is 2.52. The monoisotopic (exact) mass is 289 g/mol. The lowest BCUT2D eigenvalue weighted by atomic mass is 10.1. The summed E-state index contributed by atoms with van der Waals surface area (Å²) in [5, 5.41) is 3.19. The molecule has 5 heteroatoms. The molecular weight excluding hydrogens is 266 g/mol. The lowest BCUT2D eigenvalue weighted by molar-refractivity contribution is -0.137. The first kappa shape index (κ1) is 15.5. The summed E-state index contributed by atoms with van der Waals surface area (Å²) in [6.45, 7) is 5.30. The van der Waals surface area contributed by atoms with Crippen molar-refractivity contribution in [1.82, 2.24) is 15.1 Å². The standard InChI is InChI=1S/C16H23N3O2/c1-14(20)18-9-11-19(12-10-18)16(21)13-17-8-7-15-5-3-2-4-6-15/h2-6,17H,7-13H2,1H3. The maximum atomic E-state index is 12.0. The zero-order chi connectivity index (χ0) is 15.1. The second-order valence-electron chi connectivity index (χ2n) is 5.30. The molecule has 0 aromatic heterocycles. The third-order valence-corrected chi connectivity index (χ3v) is 3.79. The van der Waals surface area contributed by atoms with Crippen LogP contribution in [0.1, 0.15) is 12.5 Å². The number of nitrogens with zero attached hydrogens (tertiary/aromatic N) is 2. The Kier molecular flexibility index (Phi) is 5.75. The second kappa shape index (κ2) is 7.78. The average molecular weight is 289 g/mol. The van der Waals surface area contributed by atoms with Gasteiger partial charge in [0.1, 0.15) is 0 Å². The molecule has 0 atom stereocenters. The van der Waals surface area contributed by atoms with Gasteiger partial charge in [0, 0.05) is 33.1 Å². The van der Waals surface area contributed by atoms with Crippen molar-refractivity contribution in [2.75, 3.05) is 39.3 Å². The maximum absolute atomic E-state index is 12.0. The molecule has 0 bridgehead atoms. The third-order valence-electron chi connectivity index (χ3n) is 3.79. The van der Waals surface area contributed by atoms with Crippen LogP contribution in [-0.4, -0.2) is 60.9 Å². The minimum Gasteiger partial charge on any atom is -0.339 e. The lowest BCUT2D eigenvalue weighted by Gasteiger charge is -2.34. The highest BCUT2D eigenvalue weighted by Crippen LogP contribution is 2.02. The van der Waals surface area contributed by atoms with E-state index in [4.69, 9.17) is 0 Å². The maximum Gasteiger partial charge on any atom is 0.236 e. The Bertz CT molecular complexity index is 468. The van der Waals surface area contributed by atoms with Crippen molar-refractivity contribution in [3.05, 3.63) is 35.9 Å². The molecule has 21 heavy (non-hydrogen) atoms. The predicted molar refractivity (Wildman–Crippen MR) is 81.8 cm³/mol. The van der Waals surface area contributed by atoms with Gasteiger partial charge in [-0.2, -0.15) is 0 Å². The number of hydrogen-bond acceptors (Lipinski definition) is 3. The van der Waals surface area contributed by atoms with E-state index in [0.717, 1.165) is 13.0 Å². The molecule has 1 fully saturated rings. The Balaban J connectivity index is 1.63. The molecule has 1 saturated heterocycles. The fourth-order valence-electron chi connectivity index (χ4n) is 2.46. The zero-order valence-electron chi connectivity index (χ0n) is 12.5. The van der Waals surface area contributed by atoms with Crippen LogP contribution in [0.5, 0.6) is 0 Å². The van der Waals surface area contributed by atoms with Gasteiger partial charge in [-0.1, -0.05) is 30.3 Å². The highest BCUT2D eigenvalue weighted by atomic mass is 16.2. The van der Waals surface area contributed by atoms with Crippen molar-refractivity contribution in [3.8, 4) is 0 Å². The number of rotatable bonds is 5. The normalized spacial score (nSPS) is 15.1. The SMILES string of the molecule is CC(=O)N1CCN(C(=O)CNCCc2ccccc2)CC1. The summed E-state index contributed by atoms with van der Waals surface area (Å²) in [6.07, 6.45) is 0.923. The van der Waals surface area contributed by atoms with Crippen molar-refractivity contribution >= 4 is 11.8 Å². The minimum absolute atomic E-state index is 0.0862. The summed E-state index contributed by atoms with van der Waals surface area (Å²) in [7, 11) is 0. The molecule has 114 valence electrons. The van der Waals surface area contributed by atoms with Crippen LogP contribution < -0.4 is 5.32 Å². The van der Waals surface area contributed by atoms with Crippen molar-refractivity contribution in [1.29, 1.82) is 0 Å². The summed E-state index contributed by atoms with van der Waals surface area (Å²) in [6, 6.07) is 10.2. The van der Waals surface area contributed by atoms with Crippen LogP contribution >= 0.6 is 0 Å². The van der Waals surface area contributed by atoms with Crippen LogP contribution in [0.3, 0.4) is 0 Å². The fourth-order valence-corrected chi connectivity index (χ4v) is 2.46. The molecule has 0 unspecified atom stereocenters. The predicted octanol–water partition coefficient (Wildman–Crippen LogP) is 0.509. The first-order chi connectivity index (χ1) is 10.2. The van der Waals surface area contributed by atoms with E-state index in [1.165, 1.54) is 5.56 Å². The van der Waals surface area contributed by atoms with Gasteiger partial charge < -0.3 is 15.1 Å². The number of piperazine rings is 1. The molecule has 1 aliphatic heterocycles. The molecule has 1 aromatic rings. The number of benzene rings is 1. The molecular formula is C16H23N3O2. The Hall–Kier alpha value is -1.88. The molecule has 1 heterocycles. The fraction of sp³-hybridized carbons (Fsp3) is 0.500. The Morgan fingerprint density at radius 2 is 1.67 bits per heavy atom. The first-order valence-corrected chi connectivity index (χ1v) is 7.45. The molecule has 1 aromatic carbocycles. The van der Waals surface area contributed by atoms with Crippen LogP contribution in [-0.2, 0) is 16.0 Å². The Morgan fingerprint density at radius 3 is 2.29 bits per heavy atom. The summed E-state index contributed by atoms with van der Waals surface area (Å²) < 4.78 is 0. The molecule has 0 aliphatic carbocycles. The summed E-state index contributed by atoms with van der Waals surface area (Å²) in [5.74, 6) is 0.203. The van der Waals surface area contributed by atoms with Gasteiger partial charge in [-0.05, 0) is 18.5 Å². The van der Waals surface area contributed by atoms with Crippen LogP contribution in [0.4, 0.5) is 0 Å². The second-order valence-corrected chi connectivity index (χ2v) is 5.30. The number of nitrogens with one attached hydrogen (secondary N) is 1. The quantitative estimate of drug-likeness (QED) is 0.804. The minimum atomic E-state index is 0.0862. The van der Waals surface area contributed by atoms with E-state index in [0.29, 0.717) is 32.7 Å². The number of amides is 2. The number of hydrogen-bond donors (Lipinski definition) is 1. The van der Waals surface area contributed by atoms with Crippen LogP contribution in [0.15, 0.2) is 30.3 Å². The van der Waals surface area contributed by atoms with E-state index in [1.807, 2.05) is 23.1 Å². The third kappa shape index (κ3) is 4.86. The molecule has 2 rings (SSSR count). The molecule has 2 amide bonds. The highest BCUT2D eigenvalue weighted by Gasteiger charge is 2.21. The molecule has 0 radical (unpaired) electrons. The van der Waals surface area contributed by atoms with E-state index in [1.54, 1.807) is 11.8 Å². The van der Waals surface area contributed by atoms with Crippen molar-refractivity contribution in [2.24, 2.45) is 0 Å². The highest BCUT2D eigenvalue weighted by molar-refractivity contribution is 5.79. The van der Waals surface area contributed by atoms with E-state index >= 15 is 0 Å². The Labute approximate surface area is 125 Å². The smallest absolute Gasteiger partial charge is 0.236 e. The summed E-state index contributed by atoms with van der Waals surface area (Å²) >= 11 is 0. The van der Waals surface area contributed by atoms with Gasteiger partial charge in [0.2, 0.25) is 11.8 Å². The number of carbonyl (C=O) groups is 2. The number of carbonyl (C=O) groups excluding carboxylic acids is 2. The van der Waals surface area contributed by atoms with Gasteiger partial charge in [-0.3, -0.25) is 9.59 Å². The summed E-state index contributed by atoms with van der Waals surface area (Å²) in [4.78, 5) is 26.9. The van der Waals surface area contributed by atoms with Crippen molar-refractivity contribution < 1.29 is 9.59 Å². The first-order valence-electron chi connectivity index (χ1n) is 7.45. The van der Waals surface area contributed by atoms with E-state index < -0.39 is 0 Å². The molecule has 1 N–H and O–H groups in total. The van der Waals surface area contributed by atoms with Gasteiger partial charge in [-0.25, -0.2) is 0 Å². The van der Waals surface area contributed by atoms with Gasteiger partial charge in [0.25, 0.3) is 0 Å². The van der Waals surface area contributed by atoms with Crippen LogP contribution in [0, 0.1) is 0 Å². The van der Waals surface area contributed by atoms with Crippen LogP contribution in [0.25, 0.3) is 0 Å². The molecule has 0 spiro atoms. The largest absolute Gasteiger partial charge is 0.339 e. The molecule has 0 saturated carbocycles. The van der Waals surface area contributed by atoms with Gasteiger partial charge in [0.05, 0.1) is 6.54 Å². The topological polar surface area (TPSA) is 52.7 Å². The van der Waals surface area contributed by atoms with Gasteiger partial charge >= 0.3 is 0 Å². The van der Waals surface area contributed by atoms with E-state index in [2.05, 4.69) is 17.4 Å². The summed E-state index contributed by atoms with van der Waals surface area (Å²) in [5.41, 5.74) is 1.27. The van der Waals surface area contributed by atoms with Gasteiger partial charge in [-0.15, -0.1) is 0 Å². The van der Waals surface area contributed by atoms with Gasteiger partial charge in [0.15, 0.2) is 0 Å². The lowest BCUT2D eigenvalue weighted by Crippen LogP contribution is -2.51. The molecule has 1 aliphatic rings.